The van der Waals surface area contributed by atoms with Gasteiger partial charge in [0.15, 0.2) is 0 Å². The molecule has 0 unspecified atom stereocenters. The van der Waals surface area contributed by atoms with E-state index in [1.807, 2.05) is 6.07 Å². The minimum atomic E-state index is 0.911. The van der Waals surface area contributed by atoms with Gasteiger partial charge in [0.2, 0.25) is 0 Å². The van der Waals surface area contributed by atoms with Crippen LogP contribution in [0, 0.1) is 13.8 Å². The zero-order valence-corrected chi connectivity index (χ0v) is 30.1. The number of pyridine rings is 3. The summed E-state index contributed by atoms with van der Waals surface area (Å²) in [5.41, 5.74) is 14.8. The van der Waals surface area contributed by atoms with Crippen LogP contribution in [0.1, 0.15) is 11.1 Å². The monoisotopic (exact) mass is 689 g/mol. The molecule has 0 aliphatic carbocycles. The van der Waals surface area contributed by atoms with Crippen LogP contribution in [0.2, 0.25) is 0 Å². The Hall–Kier alpha value is -6.97. The average Bonchev–Trinajstić information content (AvgIpc) is 3.25. The summed E-state index contributed by atoms with van der Waals surface area (Å²) in [6.07, 6.45) is 0. The van der Waals surface area contributed by atoms with E-state index in [-0.39, 0.29) is 0 Å². The van der Waals surface area contributed by atoms with E-state index in [0.717, 1.165) is 78.0 Å². The van der Waals surface area contributed by atoms with Crippen molar-refractivity contribution in [2.75, 3.05) is 0 Å². The number of hydrogen-bond donors (Lipinski definition) is 0. The molecule has 3 nitrogen and oxygen atoms in total. The Morgan fingerprint density at radius 2 is 0.741 bits per heavy atom. The molecule has 0 atom stereocenters. The fraction of sp³-hybridized carbons (Fsp3) is 0.0392. The number of rotatable bonds is 5. The van der Waals surface area contributed by atoms with E-state index in [2.05, 4.69) is 184 Å². The maximum Gasteiger partial charge on any atom is 0.0791 e. The lowest BCUT2D eigenvalue weighted by atomic mass is 9.85. The van der Waals surface area contributed by atoms with Crippen LogP contribution in [-0.2, 0) is 0 Å². The predicted octanol–water partition coefficient (Wildman–Crippen LogP) is 13.4. The van der Waals surface area contributed by atoms with Gasteiger partial charge in [0.1, 0.15) is 0 Å². The first kappa shape index (κ1) is 31.7. The molecule has 0 bridgehead atoms. The van der Waals surface area contributed by atoms with Crippen LogP contribution in [0.5, 0.6) is 0 Å². The first-order chi connectivity index (χ1) is 26.6. The standard InChI is InChI=1S/C51H35N3/c1-32-46-40-25-15-16-26-42(40)53-50(36-21-11-5-12-22-36)48(46)33(2)47-41-28-27-38(29-45(41)54-51(49(32)47)37-23-13-6-14-24-37)44-31-39(34-17-7-3-8-18-34)30-43(52-44)35-19-9-4-10-20-35/h3-31H,1-2H3. The minimum Gasteiger partial charge on any atom is -0.248 e. The summed E-state index contributed by atoms with van der Waals surface area (Å²) < 4.78 is 0. The summed E-state index contributed by atoms with van der Waals surface area (Å²) in [6, 6.07) is 61.8. The number of benzene rings is 7. The van der Waals surface area contributed by atoms with Gasteiger partial charge in [0.05, 0.1) is 33.8 Å². The van der Waals surface area contributed by atoms with E-state index in [9.17, 15) is 0 Å². The molecule has 7 aromatic carbocycles. The van der Waals surface area contributed by atoms with Crippen LogP contribution in [0.4, 0.5) is 0 Å². The maximum atomic E-state index is 5.55. The lowest BCUT2D eigenvalue weighted by Gasteiger charge is -2.21. The van der Waals surface area contributed by atoms with Gasteiger partial charge in [-0.2, -0.15) is 0 Å². The highest BCUT2D eigenvalue weighted by molar-refractivity contribution is 6.25. The van der Waals surface area contributed by atoms with E-state index in [4.69, 9.17) is 15.0 Å². The van der Waals surface area contributed by atoms with Gasteiger partial charge in [-0.3, -0.25) is 0 Å². The van der Waals surface area contributed by atoms with Crippen LogP contribution in [0.25, 0.3) is 99.5 Å². The van der Waals surface area contributed by atoms with Gasteiger partial charge in [-0.05, 0) is 71.1 Å². The number of aromatic nitrogens is 3. The molecule has 254 valence electrons. The van der Waals surface area contributed by atoms with E-state index < -0.39 is 0 Å². The quantitative estimate of drug-likeness (QED) is 0.133. The summed E-state index contributed by atoms with van der Waals surface area (Å²) in [5, 5.41) is 7.08. The third-order valence-corrected chi connectivity index (χ3v) is 10.8. The fourth-order valence-electron chi connectivity index (χ4n) is 8.24. The van der Waals surface area contributed by atoms with Crippen molar-refractivity contribution >= 4 is 43.4 Å². The number of fused-ring (bicyclic) bond motifs is 6. The molecular weight excluding hydrogens is 655 g/mol. The zero-order chi connectivity index (χ0) is 36.2. The van der Waals surface area contributed by atoms with E-state index in [1.54, 1.807) is 0 Å². The normalized spacial score (nSPS) is 11.5. The van der Waals surface area contributed by atoms with Crippen molar-refractivity contribution in [2.45, 2.75) is 13.8 Å². The van der Waals surface area contributed by atoms with Crippen molar-refractivity contribution in [2.24, 2.45) is 0 Å². The maximum absolute atomic E-state index is 5.55. The second-order valence-corrected chi connectivity index (χ2v) is 14.0. The molecule has 0 amide bonds. The molecule has 0 aliphatic heterocycles. The fourth-order valence-corrected chi connectivity index (χ4v) is 8.24. The number of nitrogens with zero attached hydrogens (tertiary/aromatic N) is 3. The zero-order valence-electron chi connectivity index (χ0n) is 30.1. The highest BCUT2D eigenvalue weighted by Crippen LogP contribution is 2.46. The highest BCUT2D eigenvalue weighted by atomic mass is 14.7. The molecule has 0 spiro atoms. The molecule has 10 aromatic rings. The van der Waals surface area contributed by atoms with Gasteiger partial charge in [-0.25, -0.2) is 15.0 Å². The van der Waals surface area contributed by atoms with Gasteiger partial charge in [0, 0.05) is 43.8 Å². The highest BCUT2D eigenvalue weighted by Gasteiger charge is 2.23. The van der Waals surface area contributed by atoms with Crippen molar-refractivity contribution < 1.29 is 0 Å². The van der Waals surface area contributed by atoms with Crippen LogP contribution < -0.4 is 0 Å². The van der Waals surface area contributed by atoms with Crippen molar-refractivity contribution in [1.29, 1.82) is 0 Å². The summed E-state index contributed by atoms with van der Waals surface area (Å²) in [7, 11) is 0. The van der Waals surface area contributed by atoms with Crippen molar-refractivity contribution in [3.05, 3.63) is 187 Å². The first-order valence-corrected chi connectivity index (χ1v) is 18.5. The van der Waals surface area contributed by atoms with Gasteiger partial charge >= 0.3 is 0 Å². The first-order valence-electron chi connectivity index (χ1n) is 18.5. The van der Waals surface area contributed by atoms with E-state index >= 15 is 0 Å². The molecule has 0 saturated carbocycles. The summed E-state index contributed by atoms with van der Waals surface area (Å²) in [6.45, 7) is 4.54. The van der Waals surface area contributed by atoms with Crippen LogP contribution in [0.3, 0.4) is 0 Å². The molecule has 0 aliphatic rings. The van der Waals surface area contributed by atoms with Crippen molar-refractivity contribution in [3.8, 4) is 56.2 Å². The van der Waals surface area contributed by atoms with Crippen LogP contribution >= 0.6 is 0 Å². The third-order valence-electron chi connectivity index (χ3n) is 10.8. The second-order valence-electron chi connectivity index (χ2n) is 14.0. The molecular formula is C51H35N3. The Morgan fingerprint density at radius 3 is 1.31 bits per heavy atom. The Kier molecular flexibility index (Phi) is 7.59. The summed E-state index contributed by atoms with van der Waals surface area (Å²) in [5.74, 6) is 0. The SMILES string of the molecule is Cc1c2c(-c3ccccc3)nc3cc(-c4cc(-c5ccccc5)cc(-c5ccccc5)n4)ccc3c2c(C)c2c(-c3ccccc3)nc3ccccc3c12. The topological polar surface area (TPSA) is 38.7 Å². The smallest absolute Gasteiger partial charge is 0.0791 e. The van der Waals surface area contributed by atoms with E-state index in [1.165, 1.54) is 32.7 Å². The summed E-state index contributed by atoms with van der Waals surface area (Å²) in [4.78, 5) is 16.1. The lowest BCUT2D eigenvalue weighted by molar-refractivity contribution is 1.32. The molecule has 0 radical (unpaired) electrons. The molecule has 3 aromatic heterocycles. The Balaban J connectivity index is 1.30. The number of para-hydroxylation sites is 1. The average molecular weight is 690 g/mol. The molecule has 54 heavy (non-hydrogen) atoms. The van der Waals surface area contributed by atoms with Crippen LogP contribution in [0.15, 0.2) is 176 Å². The molecule has 0 saturated heterocycles. The second kappa shape index (κ2) is 12.9. The molecule has 0 N–H and O–H groups in total. The van der Waals surface area contributed by atoms with Crippen LogP contribution in [-0.4, -0.2) is 15.0 Å². The molecule has 3 heterocycles. The van der Waals surface area contributed by atoms with Gasteiger partial charge in [-0.15, -0.1) is 0 Å². The van der Waals surface area contributed by atoms with E-state index in [0.29, 0.717) is 0 Å². The predicted molar refractivity (Wildman–Crippen MR) is 227 cm³/mol. The Morgan fingerprint density at radius 1 is 0.296 bits per heavy atom. The minimum absolute atomic E-state index is 0.911. The number of aryl methyl sites for hydroxylation is 2. The Labute approximate surface area is 314 Å². The molecule has 10 rings (SSSR count). The largest absolute Gasteiger partial charge is 0.248 e. The third kappa shape index (κ3) is 5.24. The van der Waals surface area contributed by atoms with Gasteiger partial charge in [0.25, 0.3) is 0 Å². The molecule has 3 heteroatoms. The van der Waals surface area contributed by atoms with Crippen molar-refractivity contribution in [3.63, 3.8) is 0 Å². The number of hydrogen-bond acceptors (Lipinski definition) is 3. The van der Waals surface area contributed by atoms with Gasteiger partial charge < -0.3 is 0 Å². The van der Waals surface area contributed by atoms with Crippen molar-refractivity contribution in [1.82, 2.24) is 15.0 Å². The molecule has 0 fully saturated rings. The van der Waals surface area contributed by atoms with Gasteiger partial charge in [-0.1, -0.05) is 152 Å². The summed E-state index contributed by atoms with van der Waals surface area (Å²) >= 11 is 0. The Bertz CT molecular complexity index is 2970. The lowest BCUT2D eigenvalue weighted by Crippen LogP contribution is -1.99.